The maximum Gasteiger partial charge on any atom is 0.131 e. The zero-order chi connectivity index (χ0) is 12.7. The Balaban J connectivity index is 2.55. The number of hydrogen-bond acceptors (Lipinski definition) is 5. The third kappa shape index (κ3) is 5.49. The highest BCUT2D eigenvalue weighted by molar-refractivity contribution is 5.47. The highest BCUT2D eigenvalue weighted by Crippen LogP contribution is 2.11. The molecule has 0 aliphatic rings. The number of anilines is 2. The molecule has 0 aromatic carbocycles. The Morgan fingerprint density at radius 3 is 2.29 bits per heavy atom. The maximum atomic E-state index is 5.44. The number of nitrogens with zero attached hydrogens (tertiary/aromatic N) is 2. The molecule has 0 atom stereocenters. The molecular weight excluding hydrogens is 214 g/mol. The lowest BCUT2D eigenvalue weighted by Crippen LogP contribution is -2.15. The van der Waals surface area contributed by atoms with E-state index in [0.29, 0.717) is 12.5 Å². The predicted molar refractivity (Wildman–Crippen MR) is 72.3 cm³/mol. The fourth-order valence-electron chi connectivity index (χ4n) is 1.44. The molecule has 96 valence electrons. The lowest BCUT2D eigenvalue weighted by atomic mass is 10.1. The van der Waals surface area contributed by atoms with Gasteiger partial charge in [-0.2, -0.15) is 0 Å². The fourth-order valence-corrected chi connectivity index (χ4v) is 1.44. The number of nitrogens with one attached hydrogen (secondary N) is 2. The van der Waals surface area contributed by atoms with Gasteiger partial charge in [0, 0.05) is 25.7 Å². The van der Waals surface area contributed by atoms with Crippen molar-refractivity contribution < 1.29 is 0 Å². The van der Waals surface area contributed by atoms with Crippen molar-refractivity contribution in [1.29, 1.82) is 0 Å². The van der Waals surface area contributed by atoms with Crippen LogP contribution in [0.5, 0.6) is 0 Å². The van der Waals surface area contributed by atoms with E-state index in [1.807, 2.05) is 13.0 Å². The minimum absolute atomic E-state index is 0.596. The smallest absolute Gasteiger partial charge is 0.131 e. The summed E-state index contributed by atoms with van der Waals surface area (Å²) in [5.41, 5.74) is 5.44. The SMILES string of the molecule is Cc1nc(NCCN)cc(NCCC(C)C)n1. The average Bonchev–Trinajstić information content (AvgIpc) is 2.25. The normalized spacial score (nSPS) is 10.6. The zero-order valence-electron chi connectivity index (χ0n) is 11.0. The van der Waals surface area contributed by atoms with Gasteiger partial charge < -0.3 is 16.4 Å². The average molecular weight is 237 g/mol. The molecule has 0 amide bonds. The summed E-state index contributed by atoms with van der Waals surface area (Å²) in [6, 6.07) is 1.92. The molecular formula is C12H23N5. The second kappa shape index (κ2) is 7.06. The summed E-state index contributed by atoms with van der Waals surface area (Å²) in [6.07, 6.45) is 1.13. The molecule has 0 bridgehead atoms. The second-order valence-corrected chi connectivity index (χ2v) is 4.51. The van der Waals surface area contributed by atoms with Gasteiger partial charge in [-0.3, -0.25) is 0 Å². The minimum atomic E-state index is 0.596. The van der Waals surface area contributed by atoms with Gasteiger partial charge in [-0.1, -0.05) is 13.8 Å². The Bertz CT molecular complexity index is 338. The molecule has 1 rings (SSSR count). The molecule has 4 N–H and O–H groups in total. The van der Waals surface area contributed by atoms with Crippen molar-refractivity contribution in [3.8, 4) is 0 Å². The molecule has 5 nitrogen and oxygen atoms in total. The predicted octanol–water partition coefficient (Wildman–Crippen LogP) is 1.61. The van der Waals surface area contributed by atoms with E-state index >= 15 is 0 Å². The van der Waals surface area contributed by atoms with E-state index in [4.69, 9.17) is 5.73 Å². The first-order valence-corrected chi connectivity index (χ1v) is 6.15. The molecule has 5 heteroatoms. The fraction of sp³-hybridized carbons (Fsp3) is 0.667. The van der Waals surface area contributed by atoms with Gasteiger partial charge in [0.2, 0.25) is 0 Å². The van der Waals surface area contributed by atoms with E-state index in [9.17, 15) is 0 Å². The Morgan fingerprint density at radius 2 is 1.76 bits per heavy atom. The molecule has 1 aromatic rings. The lowest BCUT2D eigenvalue weighted by Gasteiger charge is -2.10. The van der Waals surface area contributed by atoms with Gasteiger partial charge in [0.05, 0.1) is 0 Å². The van der Waals surface area contributed by atoms with Crippen LogP contribution < -0.4 is 16.4 Å². The molecule has 0 fully saturated rings. The maximum absolute atomic E-state index is 5.44. The van der Waals surface area contributed by atoms with Gasteiger partial charge in [-0.05, 0) is 19.3 Å². The first kappa shape index (κ1) is 13.7. The van der Waals surface area contributed by atoms with Crippen LogP contribution in [0.25, 0.3) is 0 Å². The zero-order valence-corrected chi connectivity index (χ0v) is 11.0. The Hall–Kier alpha value is -1.36. The van der Waals surface area contributed by atoms with E-state index < -0.39 is 0 Å². The van der Waals surface area contributed by atoms with Crippen LogP contribution in [0.2, 0.25) is 0 Å². The topological polar surface area (TPSA) is 75.9 Å². The van der Waals surface area contributed by atoms with Gasteiger partial charge in [0.25, 0.3) is 0 Å². The third-order valence-corrected chi connectivity index (χ3v) is 2.32. The minimum Gasteiger partial charge on any atom is -0.370 e. The van der Waals surface area contributed by atoms with E-state index in [-0.39, 0.29) is 0 Å². The second-order valence-electron chi connectivity index (χ2n) is 4.51. The van der Waals surface area contributed by atoms with Crippen LogP contribution in [0.4, 0.5) is 11.6 Å². The number of aryl methyl sites for hydroxylation is 1. The summed E-state index contributed by atoms with van der Waals surface area (Å²) in [6.45, 7) is 8.56. The van der Waals surface area contributed by atoms with Crippen LogP contribution in [0.3, 0.4) is 0 Å². The summed E-state index contributed by atoms with van der Waals surface area (Å²) in [7, 11) is 0. The van der Waals surface area contributed by atoms with Gasteiger partial charge in [0.1, 0.15) is 17.5 Å². The van der Waals surface area contributed by atoms with Crippen molar-refractivity contribution in [3.05, 3.63) is 11.9 Å². The molecule has 17 heavy (non-hydrogen) atoms. The Morgan fingerprint density at radius 1 is 1.18 bits per heavy atom. The number of aromatic nitrogens is 2. The molecule has 0 aliphatic heterocycles. The van der Waals surface area contributed by atoms with Crippen LogP contribution in [0.15, 0.2) is 6.07 Å². The standard InChI is InChI=1S/C12H23N5/c1-9(2)4-6-14-11-8-12(15-7-5-13)17-10(3)16-11/h8-9H,4-7,13H2,1-3H3,(H2,14,15,16,17). The Labute approximate surface area is 103 Å². The van der Waals surface area contributed by atoms with E-state index in [0.717, 1.165) is 37.0 Å². The first-order valence-electron chi connectivity index (χ1n) is 6.15. The molecule has 0 unspecified atom stereocenters. The van der Waals surface area contributed by atoms with Crippen molar-refractivity contribution in [2.45, 2.75) is 27.2 Å². The van der Waals surface area contributed by atoms with Gasteiger partial charge >= 0.3 is 0 Å². The highest BCUT2D eigenvalue weighted by Gasteiger charge is 2.01. The van der Waals surface area contributed by atoms with Crippen molar-refractivity contribution in [2.24, 2.45) is 11.7 Å². The van der Waals surface area contributed by atoms with Crippen LogP contribution in [0.1, 0.15) is 26.1 Å². The number of hydrogen-bond donors (Lipinski definition) is 3. The van der Waals surface area contributed by atoms with E-state index in [1.165, 1.54) is 0 Å². The van der Waals surface area contributed by atoms with Crippen molar-refractivity contribution in [1.82, 2.24) is 9.97 Å². The lowest BCUT2D eigenvalue weighted by molar-refractivity contribution is 0.606. The van der Waals surface area contributed by atoms with Crippen molar-refractivity contribution >= 4 is 11.6 Å². The van der Waals surface area contributed by atoms with E-state index in [2.05, 4.69) is 34.4 Å². The summed E-state index contributed by atoms with van der Waals surface area (Å²) in [5, 5.41) is 6.47. The van der Waals surface area contributed by atoms with Gasteiger partial charge in [0.15, 0.2) is 0 Å². The summed E-state index contributed by atoms with van der Waals surface area (Å²) < 4.78 is 0. The molecule has 0 saturated carbocycles. The summed E-state index contributed by atoms with van der Waals surface area (Å²) in [4.78, 5) is 8.64. The summed E-state index contributed by atoms with van der Waals surface area (Å²) in [5.74, 6) is 3.16. The van der Waals surface area contributed by atoms with Crippen LogP contribution in [0, 0.1) is 12.8 Å². The van der Waals surface area contributed by atoms with Crippen LogP contribution >= 0.6 is 0 Å². The van der Waals surface area contributed by atoms with Gasteiger partial charge in [-0.25, -0.2) is 9.97 Å². The van der Waals surface area contributed by atoms with Crippen molar-refractivity contribution in [3.63, 3.8) is 0 Å². The largest absolute Gasteiger partial charge is 0.370 e. The van der Waals surface area contributed by atoms with Crippen LogP contribution in [-0.2, 0) is 0 Å². The molecule has 1 aromatic heterocycles. The van der Waals surface area contributed by atoms with Crippen LogP contribution in [-0.4, -0.2) is 29.6 Å². The van der Waals surface area contributed by atoms with Gasteiger partial charge in [-0.15, -0.1) is 0 Å². The highest BCUT2D eigenvalue weighted by atomic mass is 15.1. The molecule has 0 spiro atoms. The first-order chi connectivity index (χ1) is 8.11. The molecule has 0 radical (unpaired) electrons. The molecule has 1 heterocycles. The molecule has 0 aliphatic carbocycles. The Kier molecular flexibility index (Phi) is 5.69. The van der Waals surface area contributed by atoms with E-state index in [1.54, 1.807) is 0 Å². The monoisotopic (exact) mass is 237 g/mol. The third-order valence-electron chi connectivity index (χ3n) is 2.32. The number of nitrogens with two attached hydrogens (primary N) is 1. The van der Waals surface area contributed by atoms with Crippen molar-refractivity contribution in [2.75, 3.05) is 30.3 Å². The quantitative estimate of drug-likeness (QED) is 0.672. The molecule has 0 saturated heterocycles. The number of rotatable bonds is 7. The summed E-state index contributed by atoms with van der Waals surface area (Å²) >= 11 is 0.